The van der Waals surface area contributed by atoms with Crippen molar-refractivity contribution >= 4 is 17.6 Å². The zero-order valence-corrected chi connectivity index (χ0v) is 23.9. The summed E-state index contributed by atoms with van der Waals surface area (Å²) < 4.78 is 6.97. The Morgan fingerprint density at radius 1 is 1.05 bits per heavy atom. The fourth-order valence-electron chi connectivity index (χ4n) is 10.3. The topological polar surface area (TPSA) is 87.5 Å². The van der Waals surface area contributed by atoms with E-state index in [-0.39, 0.29) is 48.0 Å². The number of Topliss-reactive ketones (excluding diaryl/α,β-unsaturated/α-hetero) is 1. The first-order chi connectivity index (χ1) is 18.4. The summed E-state index contributed by atoms with van der Waals surface area (Å²) in [4.78, 5) is 43.2. The summed E-state index contributed by atoms with van der Waals surface area (Å²) in [6.45, 7) is 13.2. The van der Waals surface area contributed by atoms with Crippen molar-refractivity contribution in [1.82, 2.24) is 4.90 Å². The van der Waals surface area contributed by atoms with Gasteiger partial charge in [-0.15, -0.1) is 0 Å². The lowest BCUT2D eigenvalue weighted by Gasteiger charge is -2.50. The predicted molar refractivity (Wildman–Crippen MR) is 146 cm³/mol. The maximum absolute atomic E-state index is 14.9. The number of carbonyl (C=O) groups excluding carboxylic acids is 3. The van der Waals surface area contributed by atoms with Crippen LogP contribution in [-0.4, -0.2) is 35.1 Å². The third-order valence-corrected chi connectivity index (χ3v) is 11.1. The molecule has 3 heterocycles. The number of carbonyl (C=O) groups is 3. The Labute approximate surface area is 231 Å². The van der Waals surface area contributed by atoms with Crippen LogP contribution in [0.1, 0.15) is 59.9 Å². The van der Waals surface area contributed by atoms with Crippen LogP contribution in [0.25, 0.3) is 0 Å². The molecule has 0 spiro atoms. The SMILES string of the molecule is CC1=CC(C)(C)C2C(=O)C3C(=O)N(CC#N)C(=O)C3Cc3ccc(cc3)OC3C2C1C1(C)CC(C)CC(C)C31. The molecule has 1 saturated heterocycles. The highest BCUT2D eigenvalue weighted by molar-refractivity contribution is 6.16. The van der Waals surface area contributed by atoms with Crippen LogP contribution < -0.4 is 4.74 Å². The lowest BCUT2D eigenvalue weighted by molar-refractivity contribution is -0.144. The molecule has 3 fully saturated rings. The standard InChI is InChI=1S/C33H40N2O4/c1-17-13-18(2)26-29-24-25(33(26,6)15-17)19(3)16-32(4,5)27(24)28(36)23-22(30(37)35(12-11-34)31(23)38)14-20-7-9-21(39-29)10-8-20/h7-10,16-18,22-27,29H,12-15H2,1-6H3. The van der Waals surface area contributed by atoms with Crippen molar-refractivity contribution in [2.45, 2.75) is 66.9 Å². The third-order valence-electron chi connectivity index (χ3n) is 11.1. The van der Waals surface area contributed by atoms with Crippen LogP contribution in [0.15, 0.2) is 35.9 Å². The van der Waals surface area contributed by atoms with Crippen LogP contribution in [0.5, 0.6) is 5.75 Å². The molecule has 10 atom stereocenters. The highest BCUT2D eigenvalue weighted by Crippen LogP contribution is 2.68. The Bertz CT molecular complexity index is 1310. The van der Waals surface area contributed by atoms with Gasteiger partial charge in [0.1, 0.15) is 24.3 Å². The normalized spacial score (nSPS) is 42.4. The van der Waals surface area contributed by atoms with Gasteiger partial charge in [0.15, 0.2) is 5.78 Å². The molecule has 3 aliphatic carbocycles. The lowest BCUT2D eigenvalue weighted by Crippen LogP contribution is -2.51. The molecule has 2 amide bonds. The number of imide groups is 1. The highest BCUT2D eigenvalue weighted by atomic mass is 16.5. The van der Waals surface area contributed by atoms with E-state index in [1.165, 1.54) is 5.57 Å². The van der Waals surface area contributed by atoms with E-state index >= 15 is 0 Å². The van der Waals surface area contributed by atoms with Gasteiger partial charge in [0, 0.05) is 17.8 Å². The molecule has 2 saturated carbocycles. The van der Waals surface area contributed by atoms with E-state index in [2.05, 4.69) is 47.6 Å². The number of ether oxygens (including phenoxy) is 1. The molecule has 0 aromatic heterocycles. The van der Waals surface area contributed by atoms with Crippen molar-refractivity contribution in [2.75, 3.05) is 6.54 Å². The number of nitrogens with zero attached hydrogens (tertiary/aromatic N) is 2. The minimum Gasteiger partial charge on any atom is -0.490 e. The zero-order valence-electron chi connectivity index (χ0n) is 23.9. The van der Waals surface area contributed by atoms with Gasteiger partial charge in [0.2, 0.25) is 11.8 Å². The predicted octanol–water partition coefficient (Wildman–Crippen LogP) is 5.22. The molecule has 6 aliphatic rings. The van der Waals surface area contributed by atoms with Gasteiger partial charge >= 0.3 is 0 Å². The first kappa shape index (κ1) is 26.3. The molecule has 0 radical (unpaired) electrons. The summed E-state index contributed by atoms with van der Waals surface area (Å²) in [6.07, 6.45) is 4.59. The van der Waals surface area contributed by atoms with E-state index in [0.29, 0.717) is 11.8 Å². The highest BCUT2D eigenvalue weighted by Gasteiger charge is 2.68. The van der Waals surface area contributed by atoms with Crippen molar-refractivity contribution in [3.8, 4) is 11.8 Å². The van der Waals surface area contributed by atoms with Gasteiger partial charge in [-0.2, -0.15) is 5.26 Å². The second-order valence-electron chi connectivity index (χ2n) is 14.1. The molecule has 3 aliphatic heterocycles. The van der Waals surface area contributed by atoms with E-state index in [9.17, 15) is 19.6 Å². The third kappa shape index (κ3) is 3.68. The molecule has 10 unspecified atom stereocenters. The Kier molecular flexibility index (Phi) is 5.92. The maximum Gasteiger partial charge on any atom is 0.241 e. The van der Waals surface area contributed by atoms with Crippen molar-refractivity contribution in [3.05, 3.63) is 41.5 Å². The molecule has 7 rings (SSSR count). The Hall–Kier alpha value is -2.94. The van der Waals surface area contributed by atoms with E-state index in [0.717, 1.165) is 29.1 Å². The Morgan fingerprint density at radius 3 is 2.41 bits per heavy atom. The van der Waals surface area contributed by atoms with E-state index in [4.69, 9.17) is 4.74 Å². The summed E-state index contributed by atoms with van der Waals surface area (Å²) in [7, 11) is 0. The van der Waals surface area contributed by atoms with Crippen LogP contribution in [0.3, 0.4) is 0 Å². The minimum absolute atomic E-state index is 0.0378. The number of ketones is 1. The summed E-state index contributed by atoms with van der Waals surface area (Å²) in [5, 5.41) is 9.38. The molecular weight excluding hydrogens is 488 g/mol. The smallest absolute Gasteiger partial charge is 0.241 e. The summed E-state index contributed by atoms with van der Waals surface area (Å²) in [6, 6.07) is 9.83. The Balaban J connectivity index is 1.58. The van der Waals surface area contributed by atoms with Gasteiger partial charge in [-0.1, -0.05) is 58.4 Å². The van der Waals surface area contributed by atoms with Crippen molar-refractivity contribution in [1.29, 1.82) is 5.26 Å². The van der Waals surface area contributed by atoms with Gasteiger partial charge in [0.25, 0.3) is 0 Å². The number of nitriles is 1. The largest absolute Gasteiger partial charge is 0.490 e. The molecule has 0 N–H and O–H groups in total. The van der Waals surface area contributed by atoms with E-state index < -0.39 is 35.0 Å². The van der Waals surface area contributed by atoms with E-state index in [1.807, 2.05) is 30.3 Å². The Morgan fingerprint density at radius 2 is 1.74 bits per heavy atom. The molecule has 6 heteroatoms. The van der Waals surface area contributed by atoms with Crippen LogP contribution in [0.4, 0.5) is 0 Å². The monoisotopic (exact) mass is 528 g/mol. The second-order valence-corrected chi connectivity index (χ2v) is 14.1. The number of amides is 2. The number of hydrogen-bond donors (Lipinski definition) is 0. The van der Waals surface area contributed by atoms with Gasteiger partial charge < -0.3 is 4.74 Å². The van der Waals surface area contributed by atoms with Crippen molar-refractivity contribution < 1.29 is 19.1 Å². The average molecular weight is 529 g/mol. The van der Waals surface area contributed by atoms with Gasteiger partial charge in [-0.3, -0.25) is 19.3 Å². The molecule has 39 heavy (non-hydrogen) atoms. The fourth-order valence-corrected chi connectivity index (χ4v) is 10.3. The first-order valence-corrected chi connectivity index (χ1v) is 14.6. The van der Waals surface area contributed by atoms with Crippen LogP contribution in [-0.2, 0) is 20.8 Å². The molecule has 2 bridgehead atoms. The minimum atomic E-state index is -1.07. The molecule has 6 nitrogen and oxygen atoms in total. The second kappa shape index (κ2) is 8.78. The van der Waals surface area contributed by atoms with Crippen LogP contribution >= 0.6 is 0 Å². The number of hydrogen-bond acceptors (Lipinski definition) is 5. The van der Waals surface area contributed by atoms with E-state index in [1.54, 1.807) is 0 Å². The van der Waals surface area contributed by atoms with Gasteiger partial charge in [-0.05, 0) is 72.5 Å². The fraction of sp³-hybridized carbons (Fsp3) is 0.636. The number of fused-ring (bicyclic) bond motifs is 4. The van der Waals surface area contributed by atoms with Crippen molar-refractivity contribution in [3.63, 3.8) is 0 Å². The molecular formula is C33H40N2O4. The number of benzene rings is 1. The van der Waals surface area contributed by atoms with Crippen LogP contribution in [0.2, 0.25) is 0 Å². The number of rotatable bonds is 1. The summed E-state index contributed by atoms with van der Waals surface area (Å²) in [5.41, 5.74) is 1.65. The number of allylic oxidation sites excluding steroid dienone is 2. The number of likely N-dealkylation sites (tertiary alicyclic amines) is 1. The van der Waals surface area contributed by atoms with Gasteiger partial charge in [-0.25, -0.2) is 0 Å². The molecule has 1 aromatic carbocycles. The average Bonchev–Trinajstić information content (AvgIpc) is 3.21. The quantitative estimate of drug-likeness (QED) is 0.216. The zero-order chi connectivity index (χ0) is 28.0. The molecule has 1 aromatic rings. The molecule has 206 valence electrons. The summed E-state index contributed by atoms with van der Waals surface area (Å²) in [5.74, 6) is -1.26. The first-order valence-electron chi connectivity index (χ1n) is 14.6. The summed E-state index contributed by atoms with van der Waals surface area (Å²) >= 11 is 0. The van der Waals surface area contributed by atoms with Crippen LogP contribution in [0, 0.1) is 69.5 Å². The van der Waals surface area contributed by atoms with Gasteiger partial charge in [0.05, 0.1) is 12.0 Å². The lowest BCUT2D eigenvalue weighted by atomic mass is 9.53. The van der Waals surface area contributed by atoms with Crippen molar-refractivity contribution in [2.24, 2.45) is 58.2 Å². The maximum atomic E-state index is 14.9.